The minimum atomic E-state index is -0.249. The first-order valence-electron chi connectivity index (χ1n) is 11.7. The number of hydrogen-bond donors (Lipinski definition) is 1. The van der Waals surface area contributed by atoms with E-state index in [9.17, 15) is 9.90 Å². The number of unbranched alkanes of at least 4 members (excludes halogenated alkanes) is 2. The third kappa shape index (κ3) is 6.07. The van der Waals surface area contributed by atoms with Crippen LogP contribution in [0.4, 0.5) is 0 Å². The molecule has 3 unspecified atom stereocenters. The lowest BCUT2D eigenvalue weighted by molar-refractivity contribution is -0.137. The Balaban J connectivity index is 1.31. The van der Waals surface area contributed by atoms with Gasteiger partial charge in [0, 0.05) is 19.0 Å². The third-order valence-corrected chi connectivity index (χ3v) is 7.01. The second-order valence-electron chi connectivity index (χ2n) is 9.17. The lowest BCUT2D eigenvalue weighted by Gasteiger charge is -2.44. The van der Waals surface area contributed by atoms with Gasteiger partial charge in [0.25, 0.3) is 0 Å². The molecule has 1 amide bonds. The van der Waals surface area contributed by atoms with Gasteiger partial charge in [0.2, 0.25) is 5.91 Å². The van der Waals surface area contributed by atoms with Gasteiger partial charge in [-0.15, -0.1) is 0 Å². The molecule has 156 valence electrons. The van der Waals surface area contributed by atoms with Crippen LogP contribution in [-0.2, 0) is 11.2 Å². The van der Waals surface area contributed by atoms with Crippen LogP contribution in [0, 0.1) is 11.8 Å². The molecule has 1 aliphatic carbocycles. The second-order valence-corrected chi connectivity index (χ2v) is 9.17. The van der Waals surface area contributed by atoms with E-state index in [2.05, 4.69) is 36.1 Å². The summed E-state index contributed by atoms with van der Waals surface area (Å²) in [5.41, 5.74) is 1.29. The van der Waals surface area contributed by atoms with E-state index >= 15 is 0 Å². The Morgan fingerprint density at radius 2 is 1.82 bits per heavy atom. The first kappa shape index (κ1) is 21.4. The molecule has 28 heavy (non-hydrogen) atoms. The SMILES string of the molecule is C[C@H](Cc1ccccc1)C(O)CCCCCC(=O)N1CCCC2CCCCC21. The van der Waals surface area contributed by atoms with Crippen molar-refractivity contribution >= 4 is 5.91 Å². The number of amides is 1. The second kappa shape index (κ2) is 11.0. The van der Waals surface area contributed by atoms with E-state index in [0.717, 1.165) is 44.6 Å². The molecule has 0 bridgehead atoms. The van der Waals surface area contributed by atoms with Gasteiger partial charge in [-0.25, -0.2) is 0 Å². The van der Waals surface area contributed by atoms with Gasteiger partial charge in [0.1, 0.15) is 0 Å². The van der Waals surface area contributed by atoms with Crippen molar-refractivity contribution in [1.29, 1.82) is 0 Å². The summed E-state index contributed by atoms with van der Waals surface area (Å²) in [5.74, 6) is 1.43. The molecule has 3 heteroatoms. The van der Waals surface area contributed by atoms with Gasteiger partial charge in [-0.1, -0.05) is 62.9 Å². The summed E-state index contributed by atoms with van der Waals surface area (Å²) in [5, 5.41) is 10.4. The van der Waals surface area contributed by atoms with E-state index in [-0.39, 0.29) is 12.0 Å². The average molecular weight is 386 g/mol. The first-order valence-corrected chi connectivity index (χ1v) is 11.7. The number of carbonyl (C=O) groups excluding carboxylic acids is 1. The number of aliphatic hydroxyl groups excluding tert-OH is 1. The molecule has 0 spiro atoms. The van der Waals surface area contributed by atoms with E-state index < -0.39 is 0 Å². The fraction of sp³-hybridized carbons (Fsp3) is 0.720. The van der Waals surface area contributed by atoms with Gasteiger partial charge >= 0.3 is 0 Å². The summed E-state index contributed by atoms with van der Waals surface area (Å²) < 4.78 is 0. The molecule has 1 aliphatic heterocycles. The lowest BCUT2D eigenvalue weighted by atomic mass is 9.78. The summed E-state index contributed by atoms with van der Waals surface area (Å²) in [6.45, 7) is 3.12. The largest absolute Gasteiger partial charge is 0.393 e. The van der Waals surface area contributed by atoms with Crippen LogP contribution in [0.15, 0.2) is 30.3 Å². The molecule has 1 heterocycles. The van der Waals surface area contributed by atoms with Gasteiger partial charge in [-0.05, 0) is 62.3 Å². The highest BCUT2D eigenvalue weighted by atomic mass is 16.3. The molecule has 3 nitrogen and oxygen atoms in total. The van der Waals surface area contributed by atoms with Crippen molar-refractivity contribution in [3.05, 3.63) is 35.9 Å². The number of fused-ring (bicyclic) bond motifs is 1. The third-order valence-electron chi connectivity index (χ3n) is 7.01. The van der Waals surface area contributed by atoms with Crippen molar-refractivity contribution in [3.63, 3.8) is 0 Å². The number of hydrogen-bond acceptors (Lipinski definition) is 2. The average Bonchev–Trinajstić information content (AvgIpc) is 2.73. The normalized spacial score (nSPS) is 24.4. The molecule has 1 N–H and O–H groups in total. The van der Waals surface area contributed by atoms with Gasteiger partial charge in [-0.2, -0.15) is 0 Å². The van der Waals surface area contributed by atoms with E-state index in [4.69, 9.17) is 0 Å². The van der Waals surface area contributed by atoms with Crippen molar-refractivity contribution in [2.45, 2.75) is 96.1 Å². The molecule has 1 aromatic rings. The summed E-state index contributed by atoms with van der Waals surface area (Å²) in [6, 6.07) is 10.9. The number of benzene rings is 1. The highest BCUT2D eigenvalue weighted by Gasteiger charge is 2.35. The molecule has 2 aliphatic rings. The van der Waals surface area contributed by atoms with Crippen LogP contribution in [0.2, 0.25) is 0 Å². The number of aliphatic hydroxyl groups is 1. The molecule has 1 saturated heterocycles. The standard InChI is InChI=1S/C25H39NO2/c1-20(19-21-11-4-2-5-12-21)24(27)16-6-3-7-17-25(28)26-18-10-14-22-13-8-9-15-23(22)26/h2,4-5,11-12,20,22-24,27H,3,6-10,13-19H2,1H3/t20-,22?,23?,24?/m1/s1. The van der Waals surface area contributed by atoms with Crippen molar-refractivity contribution in [2.75, 3.05) is 6.54 Å². The van der Waals surface area contributed by atoms with Crippen molar-refractivity contribution < 1.29 is 9.90 Å². The van der Waals surface area contributed by atoms with Crippen LogP contribution < -0.4 is 0 Å². The number of rotatable bonds is 9. The van der Waals surface area contributed by atoms with Crippen molar-refractivity contribution in [2.24, 2.45) is 11.8 Å². The van der Waals surface area contributed by atoms with E-state index in [1.54, 1.807) is 0 Å². The molecule has 4 atom stereocenters. The van der Waals surface area contributed by atoms with Gasteiger partial charge in [0.05, 0.1) is 6.10 Å². The molecular weight excluding hydrogens is 346 g/mol. The number of nitrogens with zero attached hydrogens (tertiary/aromatic N) is 1. The van der Waals surface area contributed by atoms with Gasteiger partial charge in [-0.3, -0.25) is 4.79 Å². The zero-order valence-corrected chi connectivity index (χ0v) is 17.7. The Hall–Kier alpha value is -1.35. The number of likely N-dealkylation sites (tertiary alicyclic amines) is 1. The molecule has 1 aromatic carbocycles. The Labute approximate surface area is 171 Å². The van der Waals surface area contributed by atoms with Crippen LogP contribution in [0.3, 0.4) is 0 Å². The van der Waals surface area contributed by atoms with E-state index in [1.165, 1.54) is 44.1 Å². The molecule has 0 aromatic heterocycles. The Bertz CT molecular complexity index is 585. The van der Waals surface area contributed by atoms with Crippen molar-refractivity contribution in [1.82, 2.24) is 4.90 Å². The van der Waals surface area contributed by atoms with E-state index in [1.807, 2.05) is 6.07 Å². The minimum Gasteiger partial charge on any atom is -0.393 e. The molecule has 1 saturated carbocycles. The summed E-state index contributed by atoms with van der Waals surface area (Å²) in [6.07, 6.45) is 13.0. The first-order chi connectivity index (χ1) is 13.6. The highest BCUT2D eigenvalue weighted by Crippen LogP contribution is 2.35. The topological polar surface area (TPSA) is 40.5 Å². The number of carbonyl (C=O) groups is 1. The van der Waals surface area contributed by atoms with E-state index in [0.29, 0.717) is 18.4 Å². The zero-order valence-electron chi connectivity index (χ0n) is 17.7. The summed E-state index contributed by atoms with van der Waals surface area (Å²) in [4.78, 5) is 15.0. The Kier molecular flexibility index (Phi) is 8.39. The fourth-order valence-corrected chi connectivity index (χ4v) is 5.29. The van der Waals surface area contributed by atoms with Crippen LogP contribution >= 0.6 is 0 Å². The van der Waals surface area contributed by atoms with Gasteiger partial charge < -0.3 is 10.0 Å². The summed E-state index contributed by atoms with van der Waals surface area (Å²) >= 11 is 0. The molecule has 0 radical (unpaired) electrons. The predicted octanol–water partition coefficient (Wildman–Crippen LogP) is 5.36. The zero-order chi connectivity index (χ0) is 19.8. The van der Waals surface area contributed by atoms with Crippen LogP contribution in [0.5, 0.6) is 0 Å². The maximum atomic E-state index is 12.7. The smallest absolute Gasteiger partial charge is 0.222 e. The highest BCUT2D eigenvalue weighted by molar-refractivity contribution is 5.76. The lowest BCUT2D eigenvalue weighted by Crippen LogP contribution is -2.49. The van der Waals surface area contributed by atoms with Gasteiger partial charge in [0.15, 0.2) is 0 Å². The quantitative estimate of drug-likeness (QED) is 0.582. The monoisotopic (exact) mass is 385 g/mol. The molecule has 3 rings (SSSR count). The molecular formula is C25H39NO2. The Morgan fingerprint density at radius 1 is 1.07 bits per heavy atom. The maximum absolute atomic E-state index is 12.7. The number of piperidine rings is 1. The Morgan fingerprint density at radius 3 is 2.64 bits per heavy atom. The summed E-state index contributed by atoms with van der Waals surface area (Å²) in [7, 11) is 0. The maximum Gasteiger partial charge on any atom is 0.222 e. The van der Waals surface area contributed by atoms with Crippen molar-refractivity contribution in [3.8, 4) is 0 Å². The van der Waals surface area contributed by atoms with Crippen LogP contribution in [0.1, 0.15) is 83.1 Å². The van der Waals surface area contributed by atoms with Crippen LogP contribution in [-0.4, -0.2) is 34.6 Å². The predicted molar refractivity (Wildman–Crippen MR) is 115 cm³/mol. The van der Waals surface area contributed by atoms with Crippen LogP contribution in [0.25, 0.3) is 0 Å². The minimum absolute atomic E-state index is 0.249. The molecule has 2 fully saturated rings. The fourth-order valence-electron chi connectivity index (χ4n) is 5.29.